The van der Waals surface area contributed by atoms with Crippen LogP contribution in [-0.4, -0.2) is 40.1 Å². The average Bonchev–Trinajstić information content (AvgIpc) is 2.94. The van der Waals surface area contributed by atoms with Gasteiger partial charge in [-0.05, 0) is 37.9 Å². The van der Waals surface area contributed by atoms with E-state index in [9.17, 15) is 4.79 Å². The first kappa shape index (κ1) is 15.2. The summed E-state index contributed by atoms with van der Waals surface area (Å²) in [5.74, 6) is 1.96. The van der Waals surface area contributed by atoms with Crippen LogP contribution in [0.5, 0.6) is 0 Å². The van der Waals surface area contributed by atoms with Gasteiger partial charge in [-0.2, -0.15) is 11.8 Å². The fraction of sp³-hybridized carbons (Fsp3) is 0.933. The van der Waals surface area contributed by atoms with Crippen molar-refractivity contribution >= 4 is 17.7 Å². The Labute approximate surface area is 121 Å². The van der Waals surface area contributed by atoms with Crippen molar-refractivity contribution in [1.82, 2.24) is 10.2 Å². The van der Waals surface area contributed by atoms with Gasteiger partial charge in [-0.25, -0.2) is 0 Å². The van der Waals surface area contributed by atoms with Crippen molar-refractivity contribution in [2.24, 2.45) is 5.92 Å². The molecule has 5 atom stereocenters. The quantitative estimate of drug-likeness (QED) is 0.842. The highest BCUT2D eigenvalue weighted by Crippen LogP contribution is 2.35. The summed E-state index contributed by atoms with van der Waals surface area (Å²) in [4.78, 5) is 14.8. The summed E-state index contributed by atoms with van der Waals surface area (Å²) in [5, 5.41) is 4.26. The summed E-state index contributed by atoms with van der Waals surface area (Å²) in [6.07, 6.45) is 4.91. The molecular weight excluding hydrogens is 256 g/mol. The topological polar surface area (TPSA) is 32.3 Å². The monoisotopic (exact) mass is 284 g/mol. The fourth-order valence-electron chi connectivity index (χ4n) is 3.46. The smallest absolute Gasteiger partial charge is 0.241 e. The molecule has 1 aliphatic heterocycles. The highest BCUT2D eigenvalue weighted by Gasteiger charge is 2.44. The largest absolute Gasteiger partial charge is 0.323 e. The lowest BCUT2D eigenvalue weighted by molar-refractivity contribution is -0.132. The second-order valence-electron chi connectivity index (χ2n) is 6.00. The van der Waals surface area contributed by atoms with E-state index in [1.54, 1.807) is 0 Å². The third kappa shape index (κ3) is 3.10. The predicted octanol–water partition coefficient (Wildman–Crippen LogP) is 2.85. The second-order valence-corrected chi connectivity index (χ2v) is 7.57. The van der Waals surface area contributed by atoms with E-state index in [0.717, 1.165) is 11.7 Å². The zero-order chi connectivity index (χ0) is 14.0. The molecule has 2 aliphatic rings. The maximum Gasteiger partial charge on any atom is 0.241 e. The maximum absolute atomic E-state index is 12.6. The molecule has 0 aromatic rings. The zero-order valence-corrected chi connectivity index (χ0v) is 13.5. The number of amides is 1. The van der Waals surface area contributed by atoms with Gasteiger partial charge < -0.3 is 4.90 Å². The van der Waals surface area contributed by atoms with Crippen molar-refractivity contribution < 1.29 is 4.79 Å². The number of carbonyl (C=O) groups is 1. The van der Waals surface area contributed by atoms with Gasteiger partial charge in [0.2, 0.25) is 5.91 Å². The van der Waals surface area contributed by atoms with E-state index in [1.165, 1.54) is 25.0 Å². The lowest BCUT2D eigenvalue weighted by Gasteiger charge is -2.28. The van der Waals surface area contributed by atoms with E-state index in [1.807, 2.05) is 0 Å². The third-order valence-corrected chi connectivity index (χ3v) is 5.96. The second kappa shape index (κ2) is 6.49. The van der Waals surface area contributed by atoms with Gasteiger partial charge in [-0.3, -0.25) is 10.1 Å². The summed E-state index contributed by atoms with van der Waals surface area (Å²) in [7, 11) is 0. The van der Waals surface area contributed by atoms with E-state index in [4.69, 9.17) is 0 Å². The van der Waals surface area contributed by atoms with E-state index >= 15 is 0 Å². The maximum atomic E-state index is 12.6. The van der Waals surface area contributed by atoms with Crippen molar-refractivity contribution in [1.29, 1.82) is 0 Å². The highest BCUT2D eigenvalue weighted by atomic mass is 32.2. The van der Waals surface area contributed by atoms with Gasteiger partial charge in [0.1, 0.15) is 0 Å². The molecule has 2 fully saturated rings. The Bertz CT molecular complexity index is 323. The van der Waals surface area contributed by atoms with Crippen LogP contribution in [0, 0.1) is 5.92 Å². The minimum absolute atomic E-state index is 0.0397. The van der Waals surface area contributed by atoms with Crippen molar-refractivity contribution in [2.75, 3.05) is 5.75 Å². The van der Waals surface area contributed by atoms with Crippen LogP contribution in [0.15, 0.2) is 0 Å². The molecule has 2 rings (SSSR count). The number of rotatable bonds is 5. The average molecular weight is 284 g/mol. The van der Waals surface area contributed by atoms with Crippen LogP contribution in [0.3, 0.4) is 0 Å². The summed E-state index contributed by atoms with van der Waals surface area (Å²) in [6.45, 7) is 8.70. The van der Waals surface area contributed by atoms with E-state index in [0.29, 0.717) is 17.9 Å². The van der Waals surface area contributed by atoms with Gasteiger partial charge in [0.05, 0.1) is 12.2 Å². The van der Waals surface area contributed by atoms with Crippen molar-refractivity contribution in [3.63, 3.8) is 0 Å². The predicted molar refractivity (Wildman–Crippen MR) is 82.2 cm³/mol. The molecule has 0 spiro atoms. The van der Waals surface area contributed by atoms with Crippen LogP contribution in [-0.2, 0) is 4.79 Å². The molecule has 0 aromatic carbocycles. The SMILES string of the molecule is CCSC1CCC(N2C(=O)C(C(C)CC)NC2C)C1. The first-order chi connectivity index (χ1) is 9.08. The molecule has 1 N–H and O–H groups in total. The van der Waals surface area contributed by atoms with E-state index in [-0.39, 0.29) is 12.2 Å². The zero-order valence-electron chi connectivity index (χ0n) is 12.7. The number of hydrogen-bond donors (Lipinski definition) is 1. The molecule has 0 bridgehead atoms. The number of nitrogens with one attached hydrogen (secondary N) is 1. The molecule has 1 saturated carbocycles. The Balaban J connectivity index is 1.99. The first-order valence-electron chi connectivity index (χ1n) is 7.78. The summed E-state index contributed by atoms with van der Waals surface area (Å²) < 4.78 is 0. The molecule has 4 heteroatoms. The molecule has 0 radical (unpaired) electrons. The van der Waals surface area contributed by atoms with E-state index in [2.05, 4.69) is 49.7 Å². The standard InChI is InChI=1S/C15H28N2OS/c1-5-10(3)14-15(18)17(11(4)16-14)12-7-8-13(9-12)19-6-2/h10-14,16H,5-9H2,1-4H3. The Kier molecular flexibility index (Phi) is 5.18. The molecule has 110 valence electrons. The minimum Gasteiger partial charge on any atom is -0.323 e. The van der Waals surface area contributed by atoms with Crippen LogP contribution in [0.4, 0.5) is 0 Å². The third-order valence-electron chi connectivity index (χ3n) is 4.72. The minimum atomic E-state index is 0.0397. The molecule has 0 aromatic heterocycles. The van der Waals surface area contributed by atoms with Gasteiger partial charge >= 0.3 is 0 Å². The molecule has 19 heavy (non-hydrogen) atoms. The highest BCUT2D eigenvalue weighted by molar-refractivity contribution is 7.99. The van der Waals surface area contributed by atoms with Crippen LogP contribution in [0.2, 0.25) is 0 Å². The molecule has 1 aliphatic carbocycles. The van der Waals surface area contributed by atoms with Crippen molar-refractivity contribution in [3.8, 4) is 0 Å². The Morgan fingerprint density at radius 3 is 2.79 bits per heavy atom. The number of hydrogen-bond acceptors (Lipinski definition) is 3. The van der Waals surface area contributed by atoms with Crippen molar-refractivity contribution in [2.45, 2.75) is 76.9 Å². The Morgan fingerprint density at radius 2 is 2.16 bits per heavy atom. The van der Waals surface area contributed by atoms with E-state index < -0.39 is 0 Å². The summed E-state index contributed by atoms with van der Waals surface area (Å²) >= 11 is 2.06. The van der Waals surface area contributed by atoms with Crippen LogP contribution in [0.1, 0.15) is 53.4 Å². The van der Waals surface area contributed by atoms with Crippen LogP contribution < -0.4 is 5.32 Å². The molecule has 1 amide bonds. The number of thioether (sulfide) groups is 1. The molecular formula is C15H28N2OS. The summed E-state index contributed by atoms with van der Waals surface area (Å²) in [6, 6.07) is 0.506. The van der Waals surface area contributed by atoms with Crippen LogP contribution >= 0.6 is 11.8 Å². The van der Waals surface area contributed by atoms with Crippen LogP contribution in [0.25, 0.3) is 0 Å². The van der Waals surface area contributed by atoms with Gasteiger partial charge in [0.15, 0.2) is 0 Å². The van der Waals surface area contributed by atoms with Gasteiger partial charge in [-0.1, -0.05) is 27.2 Å². The van der Waals surface area contributed by atoms with Gasteiger partial charge in [0.25, 0.3) is 0 Å². The van der Waals surface area contributed by atoms with Gasteiger partial charge in [0, 0.05) is 11.3 Å². The molecule has 1 saturated heterocycles. The molecule has 3 nitrogen and oxygen atoms in total. The number of nitrogens with zero attached hydrogens (tertiary/aromatic N) is 1. The Hall–Kier alpha value is -0.220. The Morgan fingerprint density at radius 1 is 1.42 bits per heavy atom. The lowest BCUT2D eigenvalue weighted by Crippen LogP contribution is -2.42. The number of carbonyl (C=O) groups excluding carboxylic acids is 1. The summed E-state index contributed by atoms with van der Waals surface area (Å²) in [5.41, 5.74) is 0. The normalized spacial score (nSPS) is 37.1. The van der Waals surface area contributed by atoms with Gasteiger partial charge in [-0.15, -0.1) is 0 Å². The first-order valence-corrected chi connectivity index (χ1v) is 8.83. The van der Waals surface area contributed by atoms with Crippen molar-refractivity contribution in [3.05, 3.63) is 0 Å². The fourth-order valence-corrected chi connectivity index (χ4v) is 4.59. The lowest BCUT2D eigenvalue weighted by atomic mass is 9.99. The molecule has 5 unspecified atom stereocenters. The molecule has 1 heterocycles.